The van der Waals surface area contributed by atoms with Crippen LogP contribution in [0.5, 0.6) is 0 Å². The molecule has 0 amide bonds. The zero-order chi connectivity index (χ0) is 9.42. The van der Waals surface area contributed by atoms with Crippen molar-refractivity contribution in [3.05, 3.63) is 29.5 Å². The third-order valence-corrected chi connectivity index (χ3v) is 2.39. The van der Waals surface area contributed by atoms with Gasteiger partial charge in [-0.3, -0.25) is 5.10 Å². The first-order chi connectivity index (χ1) is 6.20. The van der Waals surface area contributed by atoms with Crippen molar-refractivity contribution in [2.24, 2.45) is 0 Å². The summed E-state index contributed by atoms with van der Waals surface area (Å²) in [5, 5.41) is 8.68. The fourth-order valence-electron chi connectivity index (χ4n) is 1.64. The van der Waals surface area contributed by atoms with E-state index >= 15 is 0 Å². The van der Waals surface area contributed by atoms with E-state index in [1.54, 1.807) is 0 Å². The highest BCUT2D eigenvalue weighted by Crippen LogP contribution is 2.24. The Morgan fingerprint density at radius 2 is 2.08 bits per heavy atom. The molecule has 68 valence electrons. The lowest BCUT2D eigenvalue weighted by molar-refractivity contribution is 0.818. The van der Waals surface area contributed by atoms with Gasteiger partial charge >= 0.3 is 0 Å². The van der Waals surface area contributed by atoms with Crippen LogP contribution in [0.4, 0.5) is 0 Å². The number of aromatic nitrogens is 2. The van der Waals surface area contributed by atoms with E-state index < -0.39 is 0 Å². The highest BCUT2D eigenvalue weighted by Gasteiger charge is 2.08. The van der Waals surface area contributed by atoms with E-state index in [2.05, 4.69) is 49.2 Å². The number of hydrogen-bond acceptors (Lipinski definition) is 1. The minimum absolute atomic E-state index is 0.506. The number of benzene rings is 1. The van der Waals surface area contributed by atoms with Gasteiger partial charge < -0.3 is 0 Å². The molecule has 13 heavy (non-hydrogen) atoms. The molecule has 0 fully saturated rings. The van der Waals surface area contributed by atoms with Crippen molar-refractivity contribution in [1.82, 2.24) is 10.2 Å². The minimum atomic E-state index is 0.506. The van der Waals surface area contributed by atoms with Gasteiger partial charge in [-0.2, -0.15) is 5.10 Å². The Labute approximate surface area is 78.0 Å². The summed E-state index contributed by atoms with van der Waals surface area (Å²) in [6.07, 6.45) is 0. The van der Waals surface area contributed by atoms with Gasteiger partial charge in [0.2, 0.25) is 0 Å². The van der Waals surface area contributed by atoms with Crippen molar-refractivity contribution >= 4 is 10.9 Å². The Kier molecular flexibility index (Phi) is 1.83. The molecule has 2 aromatic rings. The zero-order valence-corrected chi connectivity index (χ0v) is 8.26. The molecule has 0 aliphatic rings. The number of rotatable bonds is 1. The molecule has 0 atom stereocenters. The Morgan fingerprint density at radius 1 is 1.31 bits per heavy atom. The summed E-state index contributed by atoms with van der Waals surface area (Å²) in [6, 6.07) is 6.30. The van der Waals surface area contributed by atoms with Crippen LogP contribution in [0.25, 0.3) is 10.9 Å². The lowest BCUT2D eigenvalue weighted by atomic mass is 10.0. The Hall–Kier alpha value is -1.31. The third kappa shape index (κ3) is 1.22. The largest absolute Gasteiger partial charge is 0.281 e. The SMILES string of the molecule is Cc1cccc2c(C(C)C)[nH]nc12. The van der Waals surface area contributed by atoms with Crippen LogP contribution >= 0.6 is 0 Å². The molecule has 2 rings (SSSR count). The van der Waals surface area contributed by atoms with Crippen LogP contribution in [0.1, 0.15) is 31.0 Å². The average molecular weight is 174 g/mol. The van der Waals surface area contributed by atoms with E-state index in [0.717, 1.165) is 5.52 Å². The van der Waals surface area contributed by atoms with Gasteiger partial charge in [-0.1, -0.05) is 32.0 Å². The van der Waals surface area contributed by atoms with E-state index in [0.29, 0.717) is 5.92 Å². The smallest absolute Gasteiger partial charge is 0.0952 e. The van der Waals surface area contributed by atoms with Crippen molar-refractivity contribution < 1.29 is 0 Å². The van der Waals surface area contributed by atoms with Crippen molar-refractivity contribution in [3.63, 3.8) is 0 Å². The van der Waals surface area contributed by atoms with Crippen LogP contribution in [0.3, 0.4) is 0 Å². The van der Waals surface area contributed by atoms with E-state index in [4.69, 9.17) is 0 Å². The predicted molar refractivity (Wildman–Crippen MR) is 54.9 cm³/mol. The molecule has 1 N–H and O–H groups in total. The van der Waals surface area contributed by atoms with Crippen molar-refractivity contribution in [2.75, 3.05) is 0 Å². The first-order valence-electron chi connectivity index (χ1n) is 4.63. The molecule has 0 saturated heterocycles. The van der Waals surface area contributed by atoms with Crippen LogP contribution in [-0.4, -0.2) is 10.2 Å². The van der Waals surface area contributed by atoms with E-state index in [1.807, 2.05) is 0 Å². The Morgan fingerprint density at radius 3 is 2.77 bits per heavy atom. The molecular weight excluding hydrogens is 160 g/mol. The van der Waals surface area contributed by atoms with E-state index in [9.17, 15) is 0 Å². The third-order valence-electron chi connectivity index (χ3n) is 2.39. The average Bonchev–Trinajstić information content (AvgIpc) is 2.48. The van der Waals surface area contributed by atoms with Gasteiger partial charge in [-0.05, 0) is 18.4 Å². The molecule has 2 nitrogen and oxygen atoms in total. The topological polar surface area (TPSA) is 28.7 Å². The zero-order valence-electron chi connectivity index (χ0n) is 8.26. The van der Waals surface area contributed by atoms with Gasteiger partial charge in [0.15, 0.2) is 0 Å². The highest BCUT2D eigenvalue weighted by molar-refractivity contribution is 5.84. The predicted octanol–water partition coefficient (Wildman–Crippen LogP) is 2.99. The molecule has 2 heteroatoms. The molecule has 1 aromatic carbocycles. The number of aromatic amines is 1. The maximum atomic E-state index is 4.31. The lowest BCUT2D eigenvalue weighted by Gasteiger charge is -2.00. The summed E-state index contributed by atoms with van der Waals surface area (Å²) < 4.78 is 0. The standard InChI is InChI=1S/C11H14N2/c1-7(2)10-9-6-4-5-8(3)11(9)13-12-10/h4-7H,1-3H3,(H,12,13). The van der Waals surface area contributed by atoms with Crippen LogP contribution in [0, 0.1) is 6.92 Å². The van der Waals surface area contributed by atoms with Gasteiger partial charge in [0.1, 0.15) is 0 Å². The second-order valence-electron chi connectivity index (χ2n) is 3.76. The normalized spacial score (nSPS) is 11.4. The summed E-state index contributed by atoms with van der Waals surface area (Å²) in [5.74, 6) is 0.506. The van der Waals surface area contributed by atoms with Crippen LogP contribution in [0.2, 0.25) is 0 Å². The molecule has 0 saturated carbocycles. The molecule has 0 radical (unpaired) electrons. The van der Waals surface area contributed by atoms with Crippen molar-refractivity contribution in [2.45, 2.75) is 26.7 Å². The van der Waals surface area contributed by atoms with Gasteiger partial charge in [-0.15, -0.1) is 0 Å². The molecule has 0 unspecified atom stereocenters. The summed E-state index contributed by atoms with van der Waals surface area (Å²) in [4.78, 5) is 0. The van der Waals surface area contributed by atoms with Crippen LogP contribution in [-0.2, 0) is 0 Å². The summed E-state index contributed by atoms with van der Waals surface area (Å²) in [6.45, 7) is 6.44. The fraction of sp³-hybridized carbons (Fsp3) is 0.364. The van der Waals surface area contributed by atoms with E-state index in [-0.39, 0.29) is 0 Å². The molecule has 0 spiro atoms. The lowest BCUT2D eigenvalue weighted by Crippen LogP contribution is -1.87. The van der Waals surface area contributed by atoms with Crippen LogP contribution in [0.15, 0.2) is 18.2 Å². The van der Waals surface area contributed by atoms with Gasteiger partial charge in [0.05, 0.1) is 5.52 Å². The first-order valence-corrected chi connectivity index (χ1v) is 4.63. The molecule has 0 bridgehead atoms. The minimum Gasteiger partial charge on any atom is -0.281 e. The number of fused-ring (bicyclic) bond motifs is 1. The van der Waals surface area contributed by atoms with Crippen LogP contribution < -0.4 is 0 Å². The number of nitrogens with one attached hydrogen (secondary N) is 1. The molecule has 1 aromatic heterocycles. The number of hydrogen-bond donors (Lipinski definition) is 1. The molecule has 1 heterocycles. The van der Waals surface area contributed by atoms with Gasteiger partial charge in [0, 0.05) is 11.1 Å². The number of aryl methyl sites for hydroxylation is 1. The highest BCUT2D eigenvalue weighted by atomic mass is 15.1. The monoisotopic (exact) mass is 174 g/mol. The summed E-state index contributed by atoms with van der Waals surface area (Å²) in [5.41, 5.74) is 3.57. The van der Waals surface area contributed by atoms with Crippen molar-refractivity contribution in [3.8, 4) is 0 Å². The fourth-order valence-corrected chi connectivity index (χ4v) is 1.64. The summed E-state index contributed by atoms with van der Waals surface area (Å²) >= 11 is 0. The Bertz CT molecular complexity index is 427. The number of nitrogens with zero attached hydrogens (tertiary/aromatic N) is 1. The maximum absolute atomic E-state index is 4.31. The van der Waals surface area contributed by atoms with E-state index in [1.165, 1.54) is 16.6 Å². The molecule has 0 aliphatic heterocycles. The number of H-pyrrole nitrogens is 1. The second kappa shape index (κ2) is 2.87. The quantitative estimate of drug-likeness (QED) is 0.707. The molecule has 0 aliphatic carbocycles. The Balaban J connectivity index is 2.75. The second-order valence-corrected chi connectivity index (χ2v) is 3.76. The number of para-hydroxylation sites is 1. The van der Waals surface area contributed by atoms with Gasteiger partial charge in [0.25, 0.3) is 0 Å². The summed E-state index contributed by atoms with van der Waals surface area (Å²) in [7, 11) is 0. The maximum Gasteiger partial charge on any atom is 0.0952 e. The van der Waals surface area contributed by atoms with Gasteiger partial charge in [-0.25, -0.2) is 0 Å². The molecular formula is C11H14N2. The first kappa shape index (κ1) is 8.30. The van der Waals surface area contributed by atoms with Crippen molar-refractivity contribution in [1.29, 1.82) is 0 Å².